The highest BCUT2D eigenvalue weighted by Gasteiger charge is 2.31. The number of halogens is 3. The van der Waals surface area contributed by atoms with Crippen molar-refractivity contribution in [2.24, 2.45) is 4.99 Å². The zero-order chi connectivity index (χ0) is 21.0. The van der Waals surface area contributed by atoms with Crippen LogP contribution in [0.1, 0.15) is 24.5 Å². The summed E-state index contributed by atoms with van der Waals surface area (Å²) in [5, 5.41) is 7.88. The second-order valence-corrected chi connectivity index (χ2v) is 6.49. The monoisotopic (exact) mass is 404 g/mol. The minimum atomic E-state index is -4.51. The van der Waals surface area contributed by atoms with Crippen molar-refractivity contribution in [1.29, 1.82) is 0 Å². The SMILES string of the molecule is CCc1ccc(NC2=N[C@H](CC(=O)Nc3cccc(C(F)(F)F)c3)C(=O)N2)cc1. The fourth-order valence-electron chi connectivity index (χ4n) is 2.77. The summed E-state index contributed by atoms with van der Waals surface area (Å²) in [6.07, 6.45) is -3.89. The number of nitrogens with one attached hydrogen (secondary N) is 3. The van der Waals surface area contributed by atoms with Gasteiger partial charge >= 0.3 is 6.18 Å². The van der Waals surface area contributed by atoms with Gasteiger partial charge in [-0.25, -0.2) is 4.99 Å². The normalized spacial score (nSPS) is 16.2. The maximum Gasteiger partial charge on any atom is 0.416 e. The molecule has 0 radical (unpaired) electrons. The molecule has 29 heavy (non-hydrogen) atoms. The number of carbonyl (C=O) groups is 2. The smallest absolute Gasteiger partial charge is 0.326 e. The molecule has 0 saturated carbocycles. The van der Waals surface area contributed by atoms with Crippen molar-refractivity contribution in [3.05, 3.63) is 59.7 Å². The topological polar surface area (TPSA) is 82.6 Å². The van der Waals surface area contributed by atoms with Crippen LogP contribution in [0.5, 0.6) is 0 Å². The molecule has 0 spiro atoms. The average molecular weight is 404 g/mol. The first kappa shape index (κ1) is 20.4. The quantitative estimate of drug-likeness (QED) is 0.713. The summed E-state index contributed by atoms with van der Waals surface area (Å²) in [6.45, 7) is 2.04. The third-order valence-electron chi connectivity index (χ3n) is 4.31. The van der Waals surface area contributed by atoms with Crippen molar-refractivity contribution in [1.82, 2.24) is 5.32 Å². The Bertz CT molecular complexity index is 939. The van der Waals surface area contributed by atoms with Gasteiger partial charge in [0.25, 0.3) is 5.91 Å². The van der Waals surface area contributed by atoms with Crippen LogP contribution in [0.25, 0.3) is 0 Å². The van der Waals surface area contributed by atoms with E-state index < -0.39 is 29.6 Å². The molecule has 6 nitrogen and oxygen atoms in total. The molecule has 152 valence electrons. The molecule has 2 amide bonds. The molecule has 3 N–H and O–H groups in total. The van der Waals surface area contributed by atoms with Crippen LogP contribution in [0, 0.1) is 0 Å². The molecule has 2 aromatic carbocycles. The molecule has 2 aromatic rings. The molecule has 3 rings (SSSR count). The summed E-state index contributed by atoms with van der Waals surface area (Å²) < 4.78 is 38.3. The molecule has 1 aliphatic rings. The Balaban J connectivity index is 1.60. The maximum atomic E-state index is 12.8. The van der Waals surface area contributed by atoms with Crippen LogP contribution in [0.4, 0.5) is 24.5 Å². The third-order valence-corrected chi connectivity index (χ3v) is 4.31. The van der Waals surface area contributed by atoms with Crippen LogP contribution < -0.4 is 16.0 Å². The van der Waals surface area contributed by atoms with Gasteiger partial charge in [-0.2, -0.15) is 13.2 Å². The summed E-state index contributed by atoms with van der Waals surface area (Å²) in [5.41, 5.74) is 1.03. The van der Waals surface area contributed by atoms with E-state index in [2.05, 4.69) is 20.9 Å². The van der Waals surface area contributed by atoms with Gasteiger partial charge in [-0.05, 0) is 42.3 Å². The summed E-state index contributed by atoms with van der Waals surface area (Å²) in [7, 11) is 0. The predicted octanol–water partition coefficient (Wildman–Crippen LogP) is 3.56. The zero-order valence-corrected chi connectivity index (χ0v) is 15.5. The minimum absolute atomic E-state index is 0.00146. The minimum Gasteiger partial charge on any atom is -0.326 e. The Morgan fingerprint density at radius 3 is 2.52 bits per heavy atom. The lowest BCUT2D eigenvalue weighted by Crippen LogP contribution is -2.33. The van der Waals surface area contributed by atoms with Gasteiger partial charge in [-0.15, -0.1) is 0 Å². The Hall–Kier alpha value is -3.36. The van der Waals surface area contributed by atoms with Crippen molar-refractivity contribution in [2.75, 3.05) is 10.6 Å². The van der Waals surface area contributed by atoms with E-state index in [0.717, 1.165) is 29.8 Å². The van der Waals surface area contributed by atoms with Crippen molar-refractivity contribution < 1.29 is 22.8 Å². The Morgan fingerprint density at radius 1 is 1.14 bits per heavy atom. The molecule has 0 saturated heterocycles. The van der Waals surface area contributed by atoms with Gasteiger partial charge in [-0.1, -0.05) is 25.1 Å². The number of hydrogen-bond acceptors (Lipinski definition) is 4. The second kappa shape index (κ2) is 8.34. The number of aryl methyl sites for hydroxylation is 1. The summed E-state index contributed by atoms with van der Waals surface area (Å²) in [6, 6.07) is 10.9. The van der Waals surface area contributed by atoms with Crippen molar-refractivity contribution in [2.45, 2.75) is 32.0 Å². The first-order chi connectivity index (χ1) is 13.7. The van der Waals surface area contributed by atoms with Crippen molar-refractivity contribution in [3.8, 4) is 0 Å². The molecular weight excluding hydrogens is 385 g/mol. The number of anilines is 2. The van der Waals surface area contributed by atoms with Crippen molar-refractivity contribution in [3.63, 3.8) is 0 Å². The number of nitrogens with zero attached hydrogens (tertiary/aromatic N) is 1. The molecule has 0 unspecified atom stereocenters. The van der Waals surface area contributed by atoms with Crippen LogP contribution in [0.3, 0.4) is 0 Å². The lowest BCUT2D eigenvalue weighted by atomic mass is 10.1. The second-order valence-electron chi connectivity index (χ2n) is 6.49. The van der Waals surface area contributed by atoms with Crippen LogP contribution in [0.15, 0.2) is 53.5 Å². The number of benzene rings is 2. The van der Waals surface area contributed by atoms with E-state index in [1.54, 1.807) is 0 Å². The van der Waals surface area contributed by atoms with Crippen LogP contribution in [-0.4, -0.2) is 23.8 Å². The number of aliphatic imine (C=N–C) groups is 1. The number of guanidine groups is 1. The number of alkyl halides is 3. The highest BCUT2D eigenvalue weighted by atomic mass is 19.4. The van der Waals surface area contributed by atoms with Gasteiger partial charge < -0.3 is 10.6 Å². The van der Waals surface area contributed by atoms with E-state index in [-0.39, 0.29) is 18.1 Å². The molecule has 1 atom stereocenters. The van der Waals surface area contributed by atoms with Crippen LogP contribution in [-0.2, 0) is 22.2 Å². The summed E-state index contributed by atoms with van der Waals surface area (Å²) >= 11 is 0. The first-order valence-electron chi connectivity index (χ1n) is 8.96. The molecule has 9 heteroatoms. The molecule has 1 heterocycles. The summed E-state index contributed by atoms with van der Waals surface area (Å²) in [5.74, 6) is -0.852. The zero-order valence-electron chi connectivity index (χ0n) is 15.5. The van der Waals surface area contributed by atoms with E-state index in [4.69, 9.17) is 0 Å². The first-order valence-corrected chi connectivity index (χ1v) is 8.96. The lowest BCUT2D eigenvalue weighted by Gasteiger charge is -2.10. The molecule has 0 aromatic heterocycles. The van der Waals surface area contributed by atoms with Gasteiger partial charge in [0.05, 0.1) is 12.0 Å². The number of hydrogen-bond donors (Lipinski definition) is 3. The fraction of sp³-hybridized carbons (Fsp3) is 0.250. The van der Waals surface area contributed by atoms with E-state index in [0.29, 0.717) is 0 Å². The third kappa shape index (κ3) is 5.34. The molecule has 1 aliphatic heterocycles. The Morgan fingerprint density at radius 2 is 1.86 bits per heavy atom. The van der Waals surface area contributed by atoms with E-state index >= 15 is 0 Å². The predicted molar refractivity (Wildman–Crippen MR) is 103 cm³/mol. The van der Waals surface area contributed by atoms with Crippen LogP contribution in [0.2, 0.25) is 0 Å². The van der Waals surface area contributed by atoms with Gasteiger partial charge in [0.15, 0.2) is 0 Å². The van der Waals surface area contributed by atoms with Crippen LogP contribution >= 0.6 is 0 Å². The number of amides is 2. The summed E-state index contributed by atoms with van der Waals surface area (Å²) in [4.78, 5) is 28.4. The van der Waals surface area contributed by atoms with Gasteiger partial charge in [0, 0.05) is 11.4 Å². The molecule has 0 aliphatic carbocycles. The Kier molecular flexibility index (Phi) is 5.86. The van der Waals surface area contributed by atoms with Gasteiger partial charge in [-0.3, -0.25) is 14.9 Å². The Labute approximate surface area is 165 Å². The number of rotatable bonds is 5. The van der Waals surface area contributed by atoms with E-state index in [9.17, 15) is 22.8 Å². The van der Waals surface area contributed by atoms with E-state index in [1.165, 1.54) is 12.1 Å². The van der Waals surface area contributed by atoms with Gasteiger partial charge in [0.2, 0.25) is 11.9 Å². The fourth-order valence-corrected chi connectivity index (χ4v) is 2.77. The van der Waals surface area contributed by atoms with E-state index in [1.807, 2.05) is 31.2 Å². The number of carbonyl (C=O) groups excluding carboxylic acids is 2. The largest absolute Gasteiger partial charge is 0.416 e. The highest BCUT2D eigenvalue weighted by Crippen LogP contribution is 2.30. The average Bonchev–Trinajstić information content (AvgIpc) is 3.00. The lowest BCUT2D eigenvalue weighted by molar-refractivity contribution is -0.137. The van der Waals surface area contributed by atoms with Crippen molar-refractivity contribution >= 4 is 29.1 Å². The molecule has 0 fully saturated rings. The maximum absolute atomic E-state index is 12.8. The molecular formula is C20H19F3N4O2. The standard InChI is InChI=1S/C20H19F3N4O2/c1-2-12-6-8-14(9-7-12)25-19-26-16(18(29)27-19)11-17(28)24-15-5-3-4-13(10-15)20(21,22)23/h3-10,16H,2,11H2,1H3,(H,24,28)(H2,25,26,27,29)/t16-/m1/s1. The highest BCUT2D eigenvalue weighted by molar-refractivity contribution is 6.11. The van der Waals surface area contributed by atoms with Gasteiger partial charge in [0.1, 0.15) is 6.04 Å². The molecule has 0 bridgehead atoms.